The zero-order valence-corrected chi connectivity index (χ0v) is 10.7. The first kappa shape index (κ1) is 11.8. The number of oxazole rings is 1. The Balaban J connectivity index is 1.90. The van der Waals surface area contributed by atoms with Crippen LogP contribution < -0.4 is 10.2 Å². The number of rotatable bonds is 4. The van der Waals surface area contributed by atoms with Crippen molar-refractivity contribution in [3.8, 4) is 0 Å². The van der Waals surface area contributed by atoms with Crippen molar-refractivity contribution in [3.05, 3.63) is 12.0 Å². The van der Waals surface area contributed by atoms with E-state index in [2.05, 4.69) is 29.0 Å². The van der Waals surface area contributed by atoms with Crippen LogP contribution in [0.1, 0.15) is 19.5 Å². The van der Waals surface area contributed by atoms with Gasteiger partial charge in [0.25, 0.3) is 6.01 Å². The lowest BCUT2D eigenvalue weighted by Gasteiger charge is -2.24. The van der Waals surface area contributed by atoms with E-state index in [0.717, 1.165) is 31.3 Å². The summed E-state index contributed by atoms with van der Waals surface area (Å²) in [5.74, 6) is 2.34. The van der Waals surface area contributed by atoms with E-state index in [0.29, 0.717) is 6.04 Å². The molecule has 1 saturated heterocycles. The van der Waals surface area contributed by atoms with E-state index in [1.807, 2.05) is 11.8 Å². The highest BCUT2D eigenvalue weighted by Gasteiger charge is 2.15. The Bertz CT molecular complexity index is 321. The van der Waals surface area contributed by atoms with Gasteiger partial charge < -0.3 is 14.6 Å². The van der Waals surface area contributed by atoms with Crippen molar-refractivity contribution < 1.29 is 4.42 Å². The molecule has 16 heavy (non-hydrogen) atoms. The third-order valence-electron chi connectivity index (χ3n) is 2.51. The Morgan fingerprint density at radius 3 is 2.94 bits per heavy atom. The Labute approximate surface area is 101 Å². The van der Waals surface area contributed by atoms with Crippen LogP contribution in [0, 0.1) is 0 Å². The maximum atomic E-state index is 5.50. The highest BCUT2D eigenvalue weighted by atomic mass is 32.2. The van der Waals surface area contributed by atoms with Gasteiger partial charge in [-0.25, -0.2) is 0 Å². The standard InChI is InChI=1S/C11H19N3OS/c1-9(2)12-7-10-8-15-11(13-10)14-3-5-16-6-4-14/h8-9,12H,3-7H2,1-2H3. The van der Waals surface area contributed by atoms with E-state index in [1.54, 1.807) is 6.26 Å². The van der Waals surface area contributed by atoms with Crippen LogP contribution in [0.4, 0.5) is 6.01 Å². The first-order valence-electron chi connectivity index (χ1n) is 5.76. The fraction of sp³-hybridized carbons (Fsp3) is 0.727. The summed E-state index contributed by atoms with van der Waals surface area (Å²) in [6, 6.07) is 1.26. The fourth-order valence-corrected chi connectivity index (χ4v) is 2.49. The largest absolute Gasteiger partial charge is 0.432 e. The summed E-state index contributed by atoms with van der Waals surface area (Å²) in [4.78, 5) is 6.71. The number of anilines is 1. The smallest absolute Gasteiger partial charge is 0.297 e. The average molecular weight is 241 g/mol. The molecule has 1 fully saturated rings. The average Bonchev–Trinajstić information content (AvgIpc) is 2.76. The molecule has 0 unspecified atom stereocenters. The maximum absolute atomic E-state index is 5.50. The molecule has 1 aromatic heterocycles. The minimum atomic E-state index is 0.478. The van der Waals surface area contributed by atoms with Crippen LogP contribution in [0.25, 0.3) is 0 Å². The molecule has 0 saturated carbocycles. The van der Waals surface area contributed by atoms with Crippen molar-refractivity contribution in [2.45, 2.75) is 26.4 Å². The van der Waals surface area contributed by atoms with Crippen molar-refractivity contribution >= 4 is 17.8 Å². The summed E-state index contributed by atoms with van der Waals surface area (Å²) in [7, 11) is 0. The van der Waals surface area contributed by atoms with E-state index >= 15 is 0 Å². The van der Waals surface area contributed by atoms with Gasteiger partial charge in [-0.2, -0.15) is 16.7 Å². The molecule has 2 heterocycles. The minimum absolute atomic E-state index is 0.478. The van der Waals surface area contributed by atoms with Crippen molar-refractivity contribution in [2.75, 3.05) is 29.5 Å². The van der Waals surface area contributed by atoms with E-state index in [-0.39, 0.29) is 0 Å². The van der Waals surface area contributed by atoms with Crippen LogP contribution in [0.15, 0.2) is 10.7 Å². The molecule has 1 N–H and O–H groups in total. The predicted molar refractivity (Wildman–Crippen MR) is 68.0 cm³/mol. The van der Waals surface area contributed by atoms with Gasteiger partial charge in [0.1, 0.15) is 6.26 Å². The molecule has 1 aliphatic heterocycles. The van der Waals surface area contributed by atoms with E-state index in [1.165, 1.54) is 11.5 Å². The van der Waals surface area contributed by atoms with Gasteiger partial charge in [0.15, 0.2) is 0 Å². The number of nitrogens with zero attached hydrogens (tertiary/aromatic N) is 2. The molecule has 0 spiro atoms. The van der Waals surface area contributed by atoms with Gasteiger partial charge in [0, 0.05) is 37.2 Å². The van der Waals surface area contributed by atoms with E-state index < -0.39 is 0 Å². The molecule has 1 aromatic rings. The Hall–Kier alpha value is -0.680. The molecule has 0 bridgehead atoms. The Morgan fingerprint density at radius 2 is 2.25 bits per heavy atom. The summed E-state index contributed by atoms with van der Waals surface area (Å²) in [6.07, 6.45) is 1.76. The molecular weight excluding hydrogens is 222 g/mol. The second-order valence-electron chi connectivity index (χ2n) is 4.26. The van der Waals surface area contributed by atoms with E-state index in [9.17, 15) is 0 Å². The Morgan fingerprint density at radius 1 is 1.50 bits per heavy atom. The number of hydrogen-bond donors (Lipinski definition) is 1. The Kier molecular flexibility index (Phi) is 4.12. The second kappa shape index (κ2) is 5.59. The molecule has 0 amide bonds. The van der Waals surface area contributed by atoms with Crippen LogP contribution in [0.2, 0.25) is 0 Å². The monoisotopic (exact) mass is 241 g/mol. The third kappa shape index (κ3) is 3.15. The fourth-order valence-electron chi connectivity index (χ4n) is 1.59. The van der Waals surface area contributed by atoms with Crippen molar-refractivity contribution in [2.24, 2.45) is 0 Å². The normalized spacial score (nSPS) is 17.1. The first-order chi connectivity index (χ1) is 7.75. The van der Waals surface area contributed by atoms with Crippen molar-refractivity contribution in [1.29, 1.82) is 0 Å². The first-order valence-corrected chi connectivity index (χ1v) is 6.91. The predicted octanol–water partition coefficient (Wildman–Crippen LogP) is 1.73. The summed E-state index contributed by atoms with van der Waals surface area (Å²) >= 11 is 1.99. The van der Waals surface area contributed by atoms with Crippen LogP contribution >= 0.6 is 11.8 Å². The van der Waals surface area contributed by atoms with E-state index in [4.69, 9.17) is 4.42 Å². The molecule has 2 rings (SSSR count). The molecule has 5 heteroatoms. The van der Waals surface area contributed by atoms with Crippen LogP contribution in [0.3, 0.4) is 0 Å². The highest BCUT2D eigenvalue weighted by molar-refractivity contribution is 7.99. The second-order valence-corrected chi connectivity index (χ2v) is 5.48. The number of hydrogen-bond acceptors (Lipinski definition) is 5. The number of aromatic nitrogens is 1. The molecule has 90 valence electrons. The summed E-state index contributed by atoms with van der Waals surface area (Å²) < 4.78 is 5.50. The molecule has 1 aliphatic rings. The topological polar surface area (TPSA) is 41.3 Å². The summed E-state index contributed by atoms with van der Waals surface area (Å²) in [5.41, 5.74) is 0.988. The number of thioether (sulfide) groups is 1. The zero-order valence-electron chi connectivity index (χ0n) is 9.90. The van der Waals surface area contributed by atoms with Crippen molar-refractivity contribution in [1.82, 2.24) is 10.3 Å². The number of nitrogens with one attached hydrogen (secondary N) is 1. The van der Waals surface area contributed by atoms with Crippen LogP contribution in [-0.2, 0) is 6.54 Å². The lowest BCUT2D eigenvalue weighted by Crippen LogP contribution is -2.32. The molecule has 4 nitrogen and oxygen atoms in total. The van der Waals surface area contributed by atoms with Gasteiger partial charge in [-0.05, 0) is 0 Å². The molecular formula is C11H19N3OS. The molecule has 0 aliphatic carbocycles. The van der Waals surface area contributed by atoms with Gasteiger partial charge in [-0.15, -0.1) is 0 Å². The maximum Gasteiger partial charge on any atom is 0.297 e. The molecule has 0 aromatic carbocycles. The van der Waals surface area contributed by atoms with Gasteiger partial charge in [0.05, 0.1) is 5.69 Å². The third-order valence-corrected chi connectivity index (χ3v) is 3.46. The zero-order chi connectivity index (χ0) is 11.4. The van der Waals surface area contributed by atoms with Crippen molar-refractivity contribution in [3.63, 3.8) is 0 Å². The van der Waals surface area contributed by atoms with Gasteiger partial charge >= 0.3 is 0 Å². The van der Waals surface area contributed by atoms with Gasteiger partial charge in [0.2, 0.25) is 0 Å². The minimum Gasteiger partial charge on any atom is -0.432 e. The summed E-state index contributed by atoms with van der Waals surface area (Å²) in [5, 5.41) is 3.33. The lowest BCUT2D eigenvalue weighted by molar-refractivity contribution is 0.535. The molecule has 0 radical (unpaired) electrons. The molecule has 0 atom stereocenters. The lowest BCUT2D eigenvalue weighted by atomic mass is 10.4. The SMILES string of the molecule is CC(C)NCc1coc(N2CCSCC2)n1. The van der Waals surface area contributed by atoms with Crippen LogP contribution in [-0.4, -0.2) is 35.6 Å². The van der Waals surface area contributed by atoms with Gasteiger partial charge in [-0.1, -0.05) is 13.8 Å². The van der Waals surface area contributed by atoms with Gasteiger partial charge in [-0.3, -0.25) is 0 Å². The van der Waals surface area contributed by atoms with Crippen LogP contribution in [0.5, 0.6) is 0 Å². The quantitative estimate of drug-likeness (QED) is 0.869. The highest BCUT2D eigenvalue weighted by Crippen LogP contribution is 2.18. The summed E-state index contributed by atoms with van der Waals surface area (Å²) in [6.45, 7) is 7.12.